The summed E-state index contributed by atoms with van der Waals surface area (Å²) in [6, 6.07) is 5.65. The number of carbonyl (C=O) groups is 1. The number of hydrogen-bond acceptors (Lipinski definition) is 5. The maximum atomic E-state index is 12.4. The smallest absolute Gasteiger partial charge is 0.273 e. The first-order chi connectivity index (χ1) is 11.5. The Kier molecular flexibility index (Phi) is 4.35. The lowest BCUT2D eigenvalue weighted by Gasteiger charge is -2.07. The van der Waals surface area contributed by atoms with Crippen molar-refractivity contribution in [3.8, 4) is 10.8 Å². The fourth-order valence-electron chi connectivity index (χ4n) is 2.47. The zero-order chi connectivity index (χ0) is 17.3. The summed E-state index contributed by atoms with van der Waals surface area (Å²) in [5, 5.41) is 4.66. The third-order valence-electron chi connectivity index (χ3n) is 3.66. The average Bonchev–Trinajstić information content (AvgIpc) is 3.14. The van der Waals surface area contributed by atoms with Gasteiger partial charge in [-0.2, -0.15) is 0 Å². The molecule has 0 aliphatic heterocycles. The van der Waals surface area contributed by atoms with Crippen LogP contribution in [0.3, 0.4) is 0 Å². The molecule has 124 valence electrons. The molecule has 7 heteroatoms. The van der Waals surface area contributed by atoms with Crippen LogP contribution in [0.4, 0.5) is 0 Å². The minimum Gasteiger partial charge on any atom is -0.440 e. The molecule has 3 heterocycles. The van der Waals surface area contributed by atoms with Gasteiger partial charge in [0.1, 0.15) is 5.76 Å². The van der Waals surface area contributed by atoms with E-state index in [4.69, 9.17) is 4.42 Å². The zero-order valence-electron chi connectivity index (χ0n) is 13.6. The van der Waals surface area contributed by atoms with Gasteiger partial charge in [-0.3, -0.25) is 9.59 Å². The van der Waals surface area contributed by atoms with Crippen LogP contribution in [-0.2, 0) is 6.54 Å². The Morgan fingerprint density at radius 1 is 1.38 bits per heavy atom. The van der Waals surface area contributed by atoms with Gasteiger partial charge in [0.15, 0.2) is 5.69 Å². The number of nitrogens with zero attached hydrogens (tertiary/aromatic N) is 1. The van der Waals surface area contributed by atoms with E-state index in [1.807, 2.05) is 37.4 Å². The van der Waals surface area contributed by atoms with Gasteiger partial charge in [0, 0.05) is 17.8 Å². The van der Waals surface area contributed by atoms with Gasteiger partial charge >= 0.3 is 0 Å². The Morgan fingerprint density at radius 3 is 2.83 bits per heavy atom. The molecule has 3 aromatic rings. The SMILES string of the molecule is Cc1cc(C)c(CNC(=O)c2nc(-c3cccs3)oc2C)c(=O)[nH]1. The van der Waals surface area contributed by atoms with Gasteiger partial charge in [-0.25, -0.2) is 4.98 Å². The summed E-state index contributed by atoms with van der Waals surface area (Å²) in [4.78, 5) is 32.2. The van der Waals surface area contributed by atoms with Crippen LogP contribution in [0, 0.1) is 20.8 Å². The minimum atomic E-state index is -0.363. The second kappa shape index (κ2) is 6.45. The Balaban J connectivity index is 1.78. The molecular formula is C17H17N3O3S. The number of amides is 1. The maximum absolute atomic E-state index is 12.4. The summed E-state index contributed by atoms with van der Waals surface area (Å²) in [5.41, 5.74) is 2.21. The number of aromatic nitrogens is 2. The van der Waals surface area contributed by atoms with Crippen molar-refractivity contribution in [2.45, 2.75) is 27.3 Å². The van der Waals surface area contributed by atoms with E-state index in [1.54, 1.807) is 6.92 Å². The van der Waals surface area contributed by atoms with Crippen molar-refractivity contribution in [1.82, 2.24) is 15.3 Å². The Morgan fingerprint density at radius 2 is 2.17 bits per heavy atom. The molecule has 0 aromatic carbocycles. The van der Waals surface area contributed by atoms with E-state index >= 15 is 0 Å². The lowest BCUT2D eigenvalue weighted by molar-refractivity contribution is 0.0945. The van der Waals surface area contributed by atoms with Gasteiger partial charge in [0.05, 0.1) is 4.88 Å². The molecule has 0 saturated heterocycles. The van der Waals surface area contributed by atoms with Crippen molar-refractivity contribution >= 4 is 17.2 Å². The first kappa shape index (κ1) is 16.2. The second-order valence-corrected chi connectivity index (χ2v) is 6.47. The molecule has 2 N–H and O–H groups in total. The molecule has 0 bridgehead atoms. The number of carbonyl (C=O) groups excluding carboxylic acids is 1. The zero-order valence-corrected chi connectivity index (χ0v) is 14.4. The van der Waals surface area contributed by atoms with Gasteiger partial charge in [-0.1, -0.05) is 6.07 Å². The van der Waals surface area contributed by atoms with E-state index in [2.05, 4.69) is 15.3 Å². The normalized spacial score (nSPS) is 10.8. The number of nitrogens with one attached hydrogen (secondary N) is 2. The van der Waals surface area contributed by atoms with E-state index in [9.17, 15) is 9.59 Å². The summed E-state index contributed by atoms with van der Waals surface area (Å²) >= 11 is 1.49. The van der Waals surface area contributed by atoms with Crippen molar-refractivity contribution in [3.05, 3.63) is 62.2 Å². The van der Waals surface area contributed by atoms with Crippen molar-refractivity contribution in [1.29, 1.82) is 0 Å². The van der Waals surface area contributed by atoms with Crippen molar-refractivity contribution in [2.75, 3.05) is 0 Å². The molecule has 0 aliphatic rings. The van der Waals surface area contributed by atoms with E-state index in [0.717, 1.165) is 16.1 Å². The highest BCUT2D eigenvalue weighted by Gasteiger charge is 2.19. The molecule has 0 radical (unpaired) electrons. The molecule has 0 unspecified atom stereocenters. The highest BCUT2D eigenvalue weighted by atomic mass is 32.1. The number of aromatic amines is 1. The highest BCUT2D eigenvalue weighted by Crippen LogP contribution is 2.25. The monoisotopic (exact) mass is 343 g/mol. The van der Waals surface area contributed by atoms with Crippen LogP contribution in [0.5, 0.6) is 0 Å². The molecule has 3 rings (SSSR count). The predicted octanol–water partition coefficient (Wildman–Crippen LogP) is 2.95. The standard InChI is InChI=1S/C17H17N3O3S/c1-9-7-10(2)19-15(21)12(9)8-18-16(22)14-11(3)23-17(20-14)13-5-4-6-24-13/h4-7H,8H2,1-3H3,(H,18,22)(H,19,21). The molecule has 0 atom stereocenters. The molecular weight excluding hydrogens is 326 g/mol. The van der Waals surface area contributed by atoms with Crippen LogP contribution >= 0.6 is 11.3 Å². The van der Waals surface area contributed by atoms with Gasteiger partial charge in [0.2, 0.25) is 5.89 Å². The van der Waals surface area contributed by atoms with E-state index < -0.39 is 0 Å². The Hall–Kier alpha value is -2.67. The number of oxazole rings is 1. The van der Waals surface area contributed by atoms with Crippen LogP contribution in [0.15, 0.2) is 32.8 Å². The van der Waals surface area contributed by atoms with Crippen molar-refractivity contribution < 1.29 is 9.21 Å². The number of aryl methyl sites for hydroxylation is 3. The van der Waals surface area contributed by atoms with E-state index in [1.165, 1.54) is 11.3 Å². The number of H-pyrrole nitrogens is 1. The summed E-state index contributed by atoms with van der Waals surface area (Å²) in [6.07, 6.45) is 0. The number of rotatable bonds is 4. The van der Waals surface area contributed by atoms with Gasteiger partial charge in [-0.05, 0) is 43.8 Å². The lowest BCUT2D eigenvalue weighted by Crippen LogP contribution is -2.28. The fraction of sp³-hybridized carbons (Fsp3) is 0.235. The van der Waals surface area contributed by atoms with Crippen LogP contribution in [0.2, 0.25) is 0 Å². The van der Waals surface area contributed by atoms with Crippen LogP contribution in [0.25, 0.3) is 10.8 Å². The fourth-order valence-corrected chi connectivity index (χ4v) is 3.12. The minimum absolute atomic E-state index is 0.140. The molecule has 0 fully saturated rings. The average molecular weight is 343 g/mol. The molecule has 3 aromatic heterocycles. The lowest BCUT2D eigenvalue weighted by atomic mass is 10.1. The van der Waals surface area contributed by atoms with Gasteiger partial charge in [0.25, 0.3) is 11.5 Å². The molecule has 24 heavy (non-hydrogen) atoms. The first-order valence-electron chi connectivity index (χ1n) is 7.44. The van der Waals surface area contributed by atoms with Crippen LogP contribution < -0.4 is 10.9 Å². The van der Waals surface area contributed by atoms with E-state index in [0.29, 0.717) is 17.2 Å². The number of thiophene rings is 1. The Labute approximate surface area is 142 Å². The largest absolute Gasteiger partial charge is 0.440 e. The summed E-state index contributed by atoms with van der Waals surface area (Å²) in [5.74, 6) is 0.515. The predicted molar refractivity (Wildman–Crippen MR) is 92.3 cm³/mol. The first-order valence-corrected chi connectivity index (χ1v) is 8.32. The van der Waals surface area contributed by atoms with E-state index in [-0.39, 0.29) is 23.7 Å². The number of hydrogen-bond donors (Lipinski definition) is 2. The third-order valence-corrected chi connectivity index (χ3v) is 4.52. The third kappa shape index (κ3) is 3.16. The second-order valence-electron chi connectivity index (χ2n) is 5.53. The molecule has 0 saturated carbocycles. The van der Waals surface area contributed by atoms with Gasteiger partial charge in [-0.15, -0.1) is 11.3 Å². The van der Waals surface area contributed by atoms with Crippen molar-refractivity contribution in [3.63, 3.8) is 0 Å². The maximum Gasteiger partial charge on any atom is 0.273 e. The molecule has 1 amide bonds. The molecule has 0 aliphatic carbocycles. The quantitative estimate of drug-likeness (QED) is 0.762. The van der Waals surface area contributed by atoms with Crippen molar-refractivity contribution in [2.24, 2.45) is 0 Å². The van der Waals surface area contributed by atoms with Crippen LogP contribution in [0.1, 0.15) is 33.1 Å². The Bertz CT molecular complexity index is 939. The number of pyridine rings is 1. The molecule has 6 nitrogen and oxygen atoms in total. The summed E-state index contributed by atoms with van der Waals surface area (Å²) in [6.45, 7) is 5.51. The summed E-state index contributed by atoms with van der Waals surface area (Å²) in [7, 11) is 0. The van der Waals surface area contributed by atoms with Gasteiger partial charge < -0.3 is 14.7 Å². The molecule has 0 spiro atoms. The summed E-state index contributed by atoms with van der Waals surface area (Å²) < 4.78 is 5.57. The highest BCUT2D eigenvalue weighted by molar-refractivity contribution is 7.13. The van der Waals surface area contributed by atoms with Crippen LogP contribution in [-0.4, -0.2) is 15.9 Å². The topological polar surface area (TPSA) is 88.0 Å².